The van der Waals surface area contributed by atoms with E-state index in [9.17, 15) is 21.6 Å². The van der Waals surface area contributed by atoms with E-state index in [4.69, 9.17) is 16.9 Å². The first kappa shape index (κ1) is 21.4. The van der Waals surface area contributed by atoms with Crippen molar-refractivity contribution in [3.05, 3.63) is 58.6 Å². The van der Waals surface area contributed by atoms with Crippen LogP contribution >= 0.6 is 11.6 Å². The number of alkyl halides is 3. The van der Waals surface area contributed by atoms with E-state index >= 15 is 0 Å². The van der Waals surface area contributed by atoms with Gasteiger partial charge in [0.15, 0.2) is 0 Å². The summed E-state index contributed by atoms with van der Waals surface area (Å²) in [4.78, 5) is 1.44. The first-order valence-electron chi connectivity index (χ1n) is 8.75. The average molecular weight is 444 g/mol. The van der Waals surface area contributed by atoms with Crippen molar-refractivity contribution in [1.29, 1.82) is 5.26 Å². The van der Waals surface area contributed by atoms with Gasteiger partial charge in [-0.1, -0.05) is 11.6 Å². The van der Waals surface area contributed by atoms with Crippen LogP contribution in [0.4, 0.5) is 18.9 Å². The fourth-order valence-corrected chi connectivity index (χ4v) is 5.13. The molecule has 2 aromatic carbocycles. The lowest BCUT2D eigenvalue weighted by molar-refractivity contribution is -0.137. The Labute approximate surface area is 172 Å². The van der Waals surface area contributed by atoms with Crippen LogP contribution in [0.2, 0.25) is 5.02 Å². The van der Waals surface area contributed by atoms with Crippen LogP contribution in [-0.2, 0) is 16.2 Å². The van der Waals surface area contributed by atoms with Crippen molar-refractivity contribution >= 4 is 27.3 Å². The van der Waals surface area contributed by atoms with Crippen molar-refractivity contribution in [1.82, 2.24) is 4.31 Å². The molecule has 10 heteroatoms. The molecule has 0 amide bonds. The van der Waals surface area contributed by atoms with Gasteiger partial charge in [-0.3, -0.25) is 0 Å². The molecular formula is C19H17ClF3N3O2S. The minimum Gasteiger partial charge on any atom is -0.370 e. The molecule has 1 fully saturated rings. The number of benzene rings is 2. The third kappa shape index (κ3) is 4.66. The molecule has 5 nitrogen and oxygen atoms in total. The molecule has 0 aromatic heterocycles. The molecular weight excluding hydrogens is 427 g/mol. The fourth-order valence-electron chi connectivity index (χ4n) is 3.16. The highest BCUT2D eigenvalue weighted by Gasteiger charge is 2.35. The lowest BCUT2D eigenvalue weighted by atomic mass is 10.2. The van der Waals surface area contributed by atoms with Gasteiger partial charge < -0.3 is 4.90 Å². The predicted octanol–water partition coefficient (Wildman–Crippen LogP) is 4.13. The molecule has 0 N–H and O–H groups in total. The molecule has 0 atom stereocenters. The highest BCUT2D eigenvalue weighted by atomic mass is 35.5. The number of anilines is 1. The molecule has 1 aliphatic rings. The van der Waals surface area contributed by atoms with E-state index < -0.39 is 26.7 Å². The molecule has 0 unspecified atom stereocenters. The normalized spacial score (nSPS) is 16.3. The maximum atomic E-state index is 13.0. The largest absolute Gasteiger partial charge is 0.416 e. The predicted molar refractivity (Wildman–Crippen MR) is 103 cm³/mol. The van der Waals surface area contributed by atoms with Crippen LogP contribution in [0, 0.1) is 11.3 Å². The Kier molecular flexibility index (Phi) is 6.08. The quantitative estimate of drug-likeness (QED) is 0.715. The molecule has 3 rings (SSSR count). The van der Waals surface area contributed by atoms with Crippen molar-refractivity contribution in [2.75, 3.05) is 31.1 Å². The molecule has 0 saturated carbocycles. The third-order valence-corrected chi connectivity index (χ3v) is 7.07. The second kappa shape index (κ2) is 8.22. The zero-order valence-electron chi connectivity index (χ0n) is 15.2. The Bertz CT molecular complexity index is 1030. The molecule has 154 valence electrons. The zero-order valence-corrected chi connectivity index (χ0v) is 16.7. The van der Waals surface area contributed by atoms with Crippen molar-refractivity contribution in [3.63, 3.8) is 0 Å². The summed E-state index contributed by atoms with van der Waals surface area (Å²) in [5.41, 5.74) is 0.307. The van der Waals surface area contributed by atoms with Gasteiger partial charge >= 0.3 is 6.18 Å². The van der Waals surface area contributed by atoms with E-state index in [2.05, 4.69) is 0 Å². The number of rotatable bonds is 3. The number of sulfonamides is 1. The minimum absolute atomic E-state index is 0.106. The van der Waals surface area contributed by atoms with Gasteiger partial charge in [0, 0.05) is 31.9 Å². The van der Waals surface area contributed by atoms with E-state index in [1.165, 1.54) is 0 Å². The second-order valence-electron chi connectivity index (χ2n) is 6.55. The summed E-state index contributed by atoms with van der Waals surface area (Å²) < 4.78 is 66.2. The zero-order chi connectivity index (χ0) is 21.2. The topological polar surface area (TPSA) is 64.4 Å². The summed E-state index contributed by atoms with van der Waals surface area (Å²) in [6.45, 7) is 1.21. The van der Waals surface area contributed by atoms with Crippen molar-refractivity contribution in [2.24, 2.45) is 0 Å². The van der Waals surface area contributed by atoms with Gasteiger partial charge in [0.1, 0.15) is 4.90 Å². The van der Waals surface area contributed by atoms with Gasteiger partial charge in [-0.15, -0.1) is 0 Å². The molecule has 1 heterocycles. The number of nitriles is 1. The van der Waals surface area contributed by atoms with E-state index in [0.717, 1.165) is 22.1 Å². The Morgan fingerprint density at radius 3 is 2.31 bits per heavy atom. The Hall–Kier alpha value is -2.28. The summed E-state index contributed by atoms with van der Waals surface area (Å²) in [6.07, 6.45) is -4.17. The van der Waals surface area contributed by atoms with E-state index in [0.29, 0.717) is 31.1 Å². The second-order valence-corrected chi connectivity index (χ2v) is 8.86. The lowest BCUT2D eigenvalue weighted by Gasteiger charge is -2.24. The molecule has 0 radical (unpaired) electrons. The summed E-state index contributed by atoms with van der Waals surface area (Å²) in [5.74, 6) is 0. The highest BCUT2D eigenvalue weighted by molar-refractivity contribution is 7.89. The summed E-state index contributed by atoms with van der Waals surface area (Å²) in [5, 5.41) is 8.65. The highest BCUT2D eigenvalue weighted by Crippen LogP contribution is 2.34. The number of hydrogen-bond donors (Lipinski definition) is 0. The van der Waals surface area contributed by atoms with Crippen LogP contribution in [0.5, 0.6) is 0 Å². The Morgan fingerprint density at radius 2 is 1.69 bits per heavy atom. The Morgan fingerprint density at radius 1 is 1.00 bits per heavy atom. The number of hydrogen-bond acceptors (Lipinski definition) is 4. The van der Waals surface area contributed by atoms with Gasteiger partial charge in [0.05, 0.1) is 22.2 Å². The van der Waals surface area contributed by atoms with Crippen molar-refractivity contribution in [3.8, 4) is 6.07 Å². The monoisotopic (exact) mass is 443 g/mol. The average Bonchev–Trinajstić information content (AvgIpc) is 2.94. The van der Waals surface area contributed by atoms with Crippen LogP contribution < -0.4 is 4.90 Å². The Balaban J connectivity index is 1.83. The summed E-state index contributed by atoms with van der Waals surface area (Å²) in [6, 6.07) is 11.3. The fraction of sp³-hybridized carbons (Fsp3) is 0.316. The van der Waals surface area contributed by atoms with Crippen LogP contribution in [0.1, 0.15) is 17.5 Å². The van der Waals surface area contributed by atoms with Crippen LogP contribution in [-0.4, -0.2) is 38.9 Å². The molecule has 29 heavy (non-hydrogen) atoms. The first-order chi connectivity index (χ1) is 13.6. The van der Waals surface area contributed by atoms with E-state index in [-0.39, 0.29) is 18.1 Å². The van der Waals surface area contributed by atoms with Crippen LogP contribution in [0.3, 0.4) is 0 Å². The standard InChI is InChI=1S/C19H17ClF3N3O2S/c20-17-7-4-15(19(21,22)23)12-18(17)29(27,28)26-9-1-8-25(10-11-26)16-5-2-14(13-24)3-6-16/h2-7,12H,1,8-11H2. The van der Waals surface area contributed by atoms with Gasteiger partial charge in [-0.2, -0.15) is 22.7 Å². The number of halogens is 4. The summed E-state index contributed by atoms with van der Waals surface area (Å²) >= 11 is 5.93. The maximum Gasteiger partial charge on any atom is 0.416 e. The van der Waals surface area contributed by atoms with Crippen molar-refractivity contribution in [2.45, 2.75) is 17.5 Å². The molecule has 0 spiro atoms. The number of nitrogens with zero attached hydrogens (tertiary/aromatic N) is 3. The SMILES string of the molecule is N#Cc1ccc(N2CCCN(S(=O)(=O)c3cc(C(F)(F)F)ccc3Cl)CC2)cc1. The summed E-state index contributed by atoms with van der Waals surface area (Å²) in [7, 11) is -4.18. The van der Waals surface area contributed by atoms with E-state index in [1.54, 1.807) is 24.3 Å². The molecule has 1 aliphatic heterocycles. The van der Waals surface area contributed by atoms with Gasteiger partial charge in [-0.25, -0.2) is 8.42 Å². The van der Waals surface area contributed by atoms with Crippen LogP contribution in [0.15, 0.2) is 47.4 Å². The van der Waals surface area contributed by atoms with Gasteiger partial charge in [0.25, 0.3) is 0 Å². The van der Waals surface area contributed by atoms with E-state index in [1.807, 2.05) is 11.0 Å². The molecule has 1 saturated heterocycles. The smallest absolute Gasteiger partial charge is 0.370 e. The van der Waals surface area contributed by atoms with Gasteiger partial charge in [-0.05, 0) is 48.9 Å². The molecule has 0 aliphatic carbocycles. The van der Waals surface area contributed by atoms with Crippen molar-refractivity contribution < 1.29 is 21.6 Å². The molecule has 2 aromatic rings. The maximum absolute atomic E-state index is 13.0. The van der Waals surface area contributed by atoms with Gasteiger partial charge in [0.2, 0.25) is 10.0 Å². The first-order valence-corrected chi connectivity index (χ1v) is 10.6. The van der Waals surface area contributed by atoms with Crippen LogP contribution in [0.25, 0.3) is 0 Å². The third-order valence-electron chi connectivity index (χ3n) is 4.69. The minimum atomic E-state index is -4.67. The molecule has 0 bridgehead atoms. The lowest BCUT2D eigenvalue weighted by Crippen LogP contribution is -2.35.